The minimum Gasteiger partial charge on any atom is -0.469 e. The van der Waals surface area contributed by atoms with E-state index in [9.17, 15) is 33.6 Å². The molecule has 0 saturated carbocycles. The molecule has 2 aromatic carbocycles. The summed E-state index contributed by atoms with van der Waals surface area (Å²) < 4.78 is 65.7. The molecule has 21 heteroatoms. The first-order chi connectivity index (χ1) is 34.0. The van der Waals surface area contributed by atoms with E-state index in [1.807, 2.05) is 60.7 Å². The van der Waals surface area contributed by atoms with Crippen LogP contribution >= 0.6 is 11.8 Å². The molecule has 0 aliphatic carbocycles. The van der Waals surface area contributed by atoms with E-state index >= 15 is 0 Å². The van der Waals surface area contributed by atoms with Crippen LogP contribution in [0.1, 0.15) is 91.2 Å². The average Bonchev–Trinajstić information content (AvgIpc) is 3.33. The Morgan fingerprint density at radius 3 is 1.54 bits per heavy atom. The Kier molecular flexibility index (Phi) is 25.2. The van der Waals surface area contributed by atoms with Gasteiger partial charge >= 0.3 is 29.8 Å². The van der Waals surface area contributed by atoms with Crippen molar-refractivity contribution >= 4 is 53.4 Å². The fourth-order valence-electron chi connectivity index (χ4n) is 7.99. The van der Waals surface area contributed by atoms with Crippen LogP contribution in [0, 0.1) is 0 Å². The van der Waals surface area contributed by atoms with Gasteiger partial charge in [-0.3, -0.25) is 33.6 Å². The van der Waals surface area contributed by atoms with Crippen LogP contribution in [0.15, 0.2) is 60.7 Å². The summed E-state index contributed by atoms with van der Waals surface area (Å²) in [6.07, 6.45) is -7.47. The van der Waals surface area contributed by atoms with Crippen molar-refractivity contribution in [1.29, 1.82) is 0 Å². The summed E-state index contributed by atoms with van der Waals surface area (Å²) in [4.78, 5) is 87.4. The van der Waals surface area contributed by atoms with Crippen LogP contribution in [0.3, 0.4) is 0 Å². The summed E-state index contributed by atoms with van der Waals surface area (Å²) >= 11 is 1.45. The molecule has 2 aliphatic rings. The molecule has 2 N–H and O–H groups in total. The molecule has 2 amide bonds. The van der Waals surface area contributed by atoms with Gasteiger partial charge in [-0.05, 0) is 43.6 Å². The summed E-state index contributed by atoms with van der Waals surface area (Å²) in [5, 5.41) is 5.94. The number of rotatable bonds is 28. The zero-order chi connectivity index (χ0) is 51.9. The van der Waals surface area contributed by atoms with Gasteiger partial charge in [-0.1, -0.05) is 67.1 Å². The Morgan fingerprint density at radius 2 is 1.08 bits per heavy atom. The topological polar surface area (TPSA) is 245 Å². The molecule has 2 aliphatic heterocycles. The Bertz CT molecular complexity index is 2000. The van der Waals surface area contributed by atoms with Crippen molar-refractivity contribution in [2.45, 2.75) is 166 Å². The summed E-state index contributed by atoms with van der Waals surface area (Å²) in [5.41, 5.74) is 0.871. The SMILES string of the molecule is COC(=O)CCCCCS[C@H]1O[C@H](C)[C@@H](NC(=O)[C@@H](CCOC(C)=O)OC(C)=O)[C@H](OCc2ccccc2)[C@@H]1O[C@H]1O[C@H](C)[C@@H](NC(=O)[C@@H](CCOC(C)=O)OC(C)=O)[C@H](OCc2ccccc2)[C@@H]1OC. The minimum atomic E-state index is -1.34. The number of carbonyl (C=O) groups is 7. The zero-order valence-electron chi connectivity index (χ0n) is 41.7. The average molecular weight is 1020 g/mol. The fraction of sp³-hybridized carbons (Fsp3) is 0.620. The minimum absolute atomic E-state index is 0.0721. The molecular formula is C50H70N2O18S. The van der Waals surface area contributed by atoms with Gasteiger partial charge in [-0.15, -0.1) is 11.8 Å². The highest BCUT2D eigenvalue weighted by molar-refractivity contribution is 7.99. The number of amides is 2. The van der Waals surface area contributed by atoms with Gasteiger partial charge in [-0.2, -0.15) is 0 Å². The molecule has 2 aromatic rings. The maximum atomic E-state index is 14.1. The standard InChI is InChI=1S/C50H70N2O18S/c1-30-41(51-47(58)38(68-34(5)55)23-25-62-32(3)53)43(64-28-36-18-12-9-13-19-36)45(61-8)49(66-30)70-46-44(65-29-37-20-14-10-15-21-37)42(52-48(59)39(69-35(6)56)24-26-63-33(4)54)31(2)67-50(46)71-27-17-11-16-22-40(57)60-7/h9-10,12-15,18-21,30-31,38-39,41-46,49-50H,11,16-17,22-29H2,1-8H3,(H,51,58)(H,52,59)/t30-,31-,38-,39-,41-,42-,43+,44+,45+,46+,49-,50-/m1/s1. The molecule has 71 heavy (non-hydrogen) atoms. The second-order valence-electron chi connectivity index (χ2n) is 17.0. The molecule has 2 fully saturated rings. The molecule has 20 nitrogen and oxygen atoms in total. The van der Waals surface area contributed by atoms with Crippen molar-refractivity contribution in [1.82, 2.24) is 10.6 Å². The van der Waals surface area contributed by atoms with Gasteiger partial charge < -0.3 is 62.7 Å². The van der Waals surface area contributed by atoms with Crippen molar-refractivity contribution in [3.05, 3.63) is 71.8 Å². The van der Waals surface area contributed by atoms with E-state index in [1.54, 1.807) is 13.8 Å². The van der Waals surface area contributed by atoms with Crippen LogP contribution in [-0.4, -0.2) is 147 Å². The molecule has 394 valence electrons. The monoisotopic (exact) mass is 1020 g/mol. The number of nitrogens with one attached hydrogen (secondary N) is 2. The Balaban J connectivity index is 1.74. The number of benzene rings is 2. The predicted octanol–water partition coefficient (Wildman–Crippen LogP) is 4.25. The fourth-order valence-corrected chi connectivity index (χ4v) is 9.25. The number of hydrogen-bond acceptors (Lipinski definition) is 19. The molecular weight excluding hydrogens is 949 g/mol. The molecule has 12 atom stereocenters. The van der Waals surface area contributed by atoms with Gasteiger partial charge in [0.25, 0.3) is 11.8 Å². The number of unbranched alkanes of at least 4 members (excludes halogenated alkanes) is 2. The number of esters is 5. The molecule has 2 heterocycles. The number of carbonyl (C=O) groups excluding carboxylic acids is 7. The van der Waals surface area contributed by atoms with Gasteiger partial charge in [-0.25, -0.2) is 0 Å². The molecule has 2 saturated heterocycles. The smallest absolute Gasteiger partial charge is 0.305 e. The van der Waals surface area contributed by atoms with E-state index in [4.69, 9.17) is 52.1 Å². The van der Waals surface area contributed by atoms with Crippen molar-refractivity contribution < 1.29 is 85.7 Å². The lowest BCUT2D eigenvalue weighted by atomic mass is 9.94. The zero-order valence-corrected chi connectivity index (χ0v) is 42.6. The molecule has 0 aromatic heterocycles. The lowest BCUT2D eigenvalue weighted by Gasteiger charge is -2.50. The van der Waals surface area contributed by atoms with Crippen LogP contribution in [0.25, 0.3) is 0 Å². The number of hydrogen-bond donors (Lipinski definition) is 2. The second kappa shape index (κ2) is 30.7. The maximum absolute atomic E-state index is 14.1. The second-order valence-corrected chi connectivity index (χ2v) is 18.2. The van der Waals surface area contributed by atoms with E-state index in [2.05, 4.69) is 10.6 Å². The largest absolute Gasteiger partial charge is 0.469 e. The highest BCUT2D eigenvalue weighted by Crippen LogP contribution is 2.37. The number of ether oxygens (including phenoxy) is 11. The van der Waals surface area contributed by atoms with Crippen molar-refractivity contribution in [3.8, 4) is 0 Å². The van der Waals surface area contributed by atoms with Crippen molar-refractivity contribution in [3.63, 3.8) is 0 Å². The molecule has 0 spiro atoms. The molecule has 0 unspecified atom stereocenters. The first-order valence-corrected chi connectivity index (χ1v) is 24.8. The lowest BCUT2D eigenvalue weighted by Crippen LogP contribution is -2.68. The first-order valence-electron chi connectivity index (χ1n) is 23.7. The van der Waals surface area contributed by atoms with Gasteiger partial charge in [0, 0.05) is 54.1 Å². The van der Waals surface area contributed by atoms with Gasteiger partial charge in [0.15, 0.2) is 18.5 Å². The summed E-state index contributed by atoms with van der Waals surface area (Å²) in [7, 11) is 2.79. The lowest BCUT2D eigenvalue weighted by molar-refractivity contribution is -0.321. The van der Waals surface area contributed by atoms with Crippen LogP contribution < -0.4 is 10.6 Å². The predicted molar refractivity (Wildman–Crippen MR) is 255 cm³/mol. The number of methoxy groups -OCH3 is 2. The highest BCUT2D eigenvalue weighted by atomic mass is 32.2. The summed E-state index contributed by atoms with van der Waals surface area (Å²) in [5.74, 6) is -3.70. The first kappa shape index (κ1) is 58.4. The van der Waals surface area contributed by atoms with E-state index in [0.717, 1.165) is 24.5 Å². The molecule has 0 radical (unpaired) electrons. The quantitative estimate of drug-likeness (QED) is 0.0687. The third-order valence-electron chi connectivity index (χ3n) is 11.5. The summed E-state index contributed by atoms with van der Waals surface area (Å²) in [6.45, 7) is 8.03. The highest BCUT2D eigenvalue weighted by Gasteiger charge is 2.53. The van der Waals surface area contributed by atoms with Crippen molar-refractivity contribution in [2.24, 2.45) is 0 Å². The van der Waals surface area contributed by atoms with E-state index in [-0.39, 0.29) is 51.7 Å². The van der Waals surface area contributed by atoms with Gasteiger partial charge in [0.1, 0.15) is 29.9 Å². The third-order valence-corrected chi connectivity index (χ3v) is 12.7. The van der Waals surface area contributed by atoms with Gasteiger partial charge in [0.2, 0.25) is 0 Å². The van der Waals surface area contributed by atoms with Gasteiger partial charge in [0.05, 0.1) is 57.8 Å². The Hall–Kier alpha value is -5.16. The maximum Gasteiger partial charge on any atom is 0.305 e. The van der Waals surface area contributed by atoms with Crippen molar-refractivity contribution in [2.75, 3.05) is 33.2 Å². The third kappa shape index (κ3) is 19.8. The Labute approximate surface area is 419 Å². The molecule has 4 rings (SSSR count). The van der Waals surface area contributed by atoms with Crippen LogP contribution in [0.2, 0.25) is 0 Å². The van der Waals surface area contributed by atoms with Crippen LogP contribution in [0.5, 0.6) is 0 Å². The van der Waals surface area contributed by atoms with E-state index < -0.39 is 108 Å². The normalized spacial score (nSPS) is 24.8. The van der Waals surface area contributed by atoms with E-state index in [0.29, 0.717) is 18.6 Å². The van der Waals surface area contributed by atoms with E-state index in [1.165, 1.54) is 46.8 Å². The van der Waals surface area contributed by atoms with Crippen LogP contribution in [-0.2, 0) is 98.9 Å². The van der Waals surface area contributed by atoms with Crippen LogP contribution in [0.4, 0.5) is 0 Å². The summed E-state index contributed by atoms with van der Waals surface area (Å²) in [6, 6.07) is 16.8. The molecule has 0 bridgehead atoms. The number of thioether (sulfide) groups is 1. The Morgan fingerprint density at radius 1 is 0.606 bits per heavy atom.